The van der Waals surface area contributed by atoms with Gasteiger partial charge in [-0.05, 0) is 38.5 Å². The molecule has 2 N–H and O–H groups in total. The lowest BCUT2D eigenvalue weighted by Gasteiger charge is -2.22. The van der Waals surface area contributed by atoms with E-state index in [2.05, 4.69) is 15.6 Å². The molecule has 144 valence electrons. The van der Waals surface area contributed by atoms with E-state index in [0.717, 1.165) is 5.56 Å². The second-order valence-corrected chi connectivity index (χ2v) is 6.30. The van der Waals surface area contributed by atoms with E-state index in [0.29, 0.717) is 19.0 Å². The average molecular weight is 364 g/mol. The Morgan fingerprint density at radius 1 is 1.23 bits per heavy atom. The Morgan fingerprint density at radius 3 is 2.58 bits per heavy atom. The van der Waals surface area contributed by atoms with Crippen LogP contribution in [-0.2, 0) is 19.1 Å². The highest BCUT2D eigenvalue weighted by atomic mass is 16.5. The summed E-state index contributed by atoms with van der Waals surface area (Å²) < 4.78 is 4.99. The number of anilines is 1. The van der Waals surface area contributed by atoms with Gasteiger partial charge < -0.3 is 20.3 Å². The molecule has 8 nitrogen and oxygen atoms in total. The lowest BCUT2D eigenvalue weighted by molar-refractivity contribution is -0.137. The quantitative estimate of drug-likeness (QED) is 0.648. The van der Waals surface area contributed by atoms with E-state index in [1.165, 1.54) is 12.0 Å². The lowest BCUT2D eigenvalue weighted by atomic mass is 10.2. The molecule has 1 aromatic heterocycles. The topological polar surface area (TPSA) is 101 Å². The van der Waals surface area contributed by atoms with Gasteiger partial charge in [0.25, 0.3) is 0 Å². The third kappa shape index (κ3) is 8.57. The highest BCUT2D eigenvalue weighted by Crippen LogP contribution is 2.07. The molecule has 1 rings (SSSR count). The standard InChI is InChI=1S/C18H28N4O4/c1-13(2)20-17(24)12-22(9-10-26-4)18(25)6-5-16(23)21-15-11-14(3)7-8-19-15/h7-8,11,13H,5-6,9-10,12H2,1-4H3,(H,20,24)(H,19,21,23). The minimum Gasteiger partial charge on any atom is -0.383 e. The molecule has 8 heteroatoms. The number of pyridine rings is 1. The van der Waals surface area contributed by atoms with Gasteiger partial charge in [-0.2, -0.15) is 0 Å². The van der Waals surface area contributed by atoms with E-state index >= 15 is 0 Å². The number of amides is 3. The van der Waals surface area contributed by atoms with Crippen LogP contribution in [0.5, 0.6) is 0 Å². The van der Waals surface area contributed by atoms with Crippen molar-refractivity contribution in [1.82, 2.24) is 15.2 Å². The fraction of sp³-hybridized carbons (Fsp3) is 0.556. The van der Waals surface area contributed by atoms with Gasteiger partial charge in [0.15, 0.2) is 0 Å². The van der Waals surface area contributed by atoms with Gasteiger partial charge in [0.05, 0.1) is 13.2 Å². The Kier molecular flexibility index (Phi) is 9.29. The Bertz CT molecular complexity index is 619. The number of hydrogen-bond acceptors (Lipinski definition) is 5. The molecule has 0 aliphatic rings. The minimum atomic E-state index is -0.297. The molecular weight excluding hydrogens is 336 g/mol. The molecule has 0 saturated carbocycles. The van der Waals surface area contributed by atoms with Crippen LogP contribution in [0.3, 0.4) is 0 Å². The van der Waals surface area contributed by atoms with Crippen molar-refractivity contribution in [2.24, 2.45) is 0 Å². The van der Waals surface area contributed by atoms with Crippen molar-refractivity contribution in [1.29, 1.82) is 0 Å². The van der Waals surface area contributed by atoms with Crippen molar-refractivity contribution in [3.05, 3.63) is 23.9 Å². The van der Waals surface area contributed by atoms with E-state index in [1.807, 2.05) is 26.8 Å². The zero-order valence-corrected chi connectivity index (χ0v) is 15.9. The number of hydrogen-bond donors (Lipinski definition) is 2. The third-order valence-electron chi connectivity index (χ3n) is 3.45. The average Bonchev–Trinajstić information content (AvgIpc) is 2.55. The smallest absolute Gasteiger partial charge is 0.239 e. The zero-order valence-electron chi connectivity index (χ0n) is 15.9. The van der Waals surface area contributed by atoms with Gasteiger partial charge in [0.2, 0.25) is 17.7 Å². The van der Waals surface area contributed by atoms with Gasteiger partial charge >= 0.3 is 0 Å². The molecule has 0 bridgehead atoms. The van der Waals surface area contributed by atoms with Crippen molar-refractivity contribution in [3.8, 4) is 0 Å². The third-order valence-corrected chi connectivity index (χ3v) is 3.45. The summed E-state index contributed by atoms with van der Waals surface area (Å²) in [6.07, 6.45) is 1.63. The van der Waals surface area contributed by atoms with Gasteiger partial charge in [-0.3, -0.25) is 14.4 Å². The van der Waals surface area contributed by atoms with Crippen LogP contribution in [0.4, 0.5) is 5.82 Å². The SMILES string of the molecule is COCCN(CC(=O)NC(C)C)C(=O)CCC(=O)Nc1cc(C)ccn1. The van der Waals surface area contributed by atoms with E-state index in [1.54, 1.807) is 12.3 Å². The molecule has 0 atom stereocenters. The van der Waals surface area contributed by atoms with Gasteiger partial charge in [0, 0.05) is 38.7 Å². The monoisotopic (exact) mass is 364 g/mol. The molecule has 0 aromatic carbocycles. The fourth-order valence-electron chi connectivity index (χ4n) is 2.22. The maximum absolute atomic E-state index is 12.4. The molecule has 26 heavy (non-hydrogen) atoms. The number of nitrogens with zero attached hydrogens (tertiary/aromatic N) is 2. The number of aryl methyl sites for hydroxylation is 1. The van der Waals surface area contributed by atoms with E-state index < -0.39 is 0 Å². The maximum atomic E-state index is 12.4. The van der Waals surface area contributed by atoms with E-state index in [-0.39, 0.29) is 43.1 Å². The maximum Gasteiger partial charge on any atom is 0.239 e. The number of ether oxygens (including phenoxy) is 1. The number of nitrogens with one attached hydrogen (secondary N) is 2. The van der Waals surface area contributed by atoms with Crippen LogP contribution in [0.2, 0.25) is 0 Å². The fourth-order valence-corrected chi connectivity index (χ4v) is 2.22. The van der Waals surface area contributed by atoms with Crippen molar-refractivity contribution in [2.45, 2.75) is 39.7 Å². The lowest BCUT2D eigenvalue weighted by Crippen LogP contribution is -2.44. The Hall–Kier alpha value is -2.48. The first-order valence-corrected chi connectivity index (χ1v) is 8.60. The summed E-state index contributed by atoms with van der Waals surface area (Å²) in [4.78, 5) is 41.7. The van der Waals surface area contributed by atoms with Crippen molar-refractivity contribution >= 4 is 23.5 Å². The van der Waals surface area contributed by atoms with E-state index in [4.69, 9.17) is 4.74 Å². The first-order chi connectivity index (χ1) is 12.3. The Morgan fingerprint density at radius 2 is 1.96 bits per heavy atom. The van der Waals surface area contributed by atoms with Crippen molar-refractivity contribution in [3.63, 3.8) is 0 Å². The van der Waals surface area contributed by atoms with Gasteiger partial charge in [-0.15, -0.1) is 0 Å². The molecule has 0 aliphatic carbocycles. The van der Waals surface area contributed by atoms with Crippen molar-refractivity contribution in [2.75, 3.05) is 32.1 Å². The Balaban J connectivity index is 2.53. The van der Waals surface area contributed by atoms with Gasteiger partial charge in [-0.1, -0.05) is 0 Å². The van der Waals surface area contributed by atoms with Gasteiger partial charge in [0.1, 0.15) is 5.82 Å². The molecule has 0 spiro atoms. The normalized spacial score (nSPS) is 10.5. The second-order valence-electron chi connectivity index (χ2n) is 6.30. The van der Waals surface area contributed by atoms with Crippen LogP contribution in [0.1, 0.15) is 32.3 Å². The summed E-state index contributed by atoms with van der Waals surface area (Å²) in [5.74, 6) is -0.351. The number of aromatic nitrogens is 1. The summed E-state index contributed by atoms with van der Waals surface area (Å²) >= 11 is 0. The summed E-state index contributed by atoms with van der Waals surface area (Å²) in [5, 5.41) is 5.41. The molecular formula is C18H28N4O4. The largest absolute Gasteiger partial charge is 0.383 e. The molecule has 1 heterocycles. The second kappa shape index (κ2) is 11.2. The predicted octanol–water partition coefficient (Wildman–Crippen LogP) is 1.11. The van der Waals surface area contributed by atoms with Crippen LogP contribution in [0.15, 0.2) is 18.3 Å². The minimum absolute atomic E-state index is 0.00511. The molecule has 3 amide bonds. The summed E-state index contributed by atoms with van der Waals surface area (Å²) in [5.41, 5.74) is 0.980. The first kappa shape index (κ1) is 21.6. The summed E-state index contributed by atoms with van der Waals surface area (Å²) in [6.45, 7) is 6.16. The number of carbonyl (C=O) groups is 3. The highest BCUT2D eigenvalue weighted by Gasteiger charge is 2.18. The van der Waals surface area contributed by atoms with Crippen LogP contribution < -0.4 is 10.6 Å². The zero-order chi connectivity index (χ0) is 19.5. The van der Waals surface area contributed by atoms with Crippen molar-refractivity contribution < 1.29 is 19.1 Å². The van der Waals surface area contributed by atoms with E-state index in [9.17, 15) is 14.4 Å². The van der Waals surface area contributed by atoms with Crippen LogP contribution in [0.25, 0.3) is 0 Å². The highest BCUT2D eigenvalue weighted by molar-refractivity contribution is 5.93. The number of carbonyl (C=O) groups excluding carboxylic acids is 3. The van der Waals surface area contributed by atoms with Crippen LogP contribution >= 0.6 is 0 Å². The van der Waals surface area contributed by atoms with Crippen LogP contribution in [0, 0.1) is 6.92 Å². The molecule has 0 fully saturated rings. The molecule has 0 unspecified atom stereocenters. The summed E-state index contributed by atoms with van der Waals surface area (Å²) in [7, 11) is 1.53. The number of methoxy groups -OCH3 is 1. The summed E-state index contributed by atoms with van der Waals surface area (Å²) in [6, 6.07) is 3.57. The molecule has 0 radical (unpaired) electrons. The van der Waals surface area contributed by atoms with Gasteiger partial charge in [-0.25, -0.2) is 4.98 Å². The molecule has 0 aliphatic heterocycles. The Labute approximate surface area is 154 Å². The molecule has 1 aromatic rings. The predicted molar refractivity (Wildman–Crippen MR) is 98.6 cm³/mol. The number of rotatable bonds is 10. The van der Waals surface area contributed by atoms with Crippen LogP contribution in [-0.4, -0.2) is 60.5 Å². The first-order valence-electron chi connectivity index (χ1n) is 8.60. The molecule has 0 saturated heterocycles.